The summed E-state index contributed by atoms with van der Waals surface area (Å²) in [5, 5.41) is 10.9. The minimum absolute atomic E-state index is 0.209. The third-order valence-electron chi connectivity index (χ3n) is 9.18. The fraction of sp³-hybridized carbons (Fsp3) is 0.688. The first kappa shape index (κ1) is 31.3. The lowest BCUT2D eigenvalue weighted by atomic mass is 9.82. The lowest BCUT2D eigenvalue weighted by Crippen LogP contribution is -2.49. The molecule has 1 aromatic heterocycles. The van der Waals surface area contributed by atoms with Crippen LogP contribution >= 0.6 is 0 Å². The number of nitrogens with one attached hydrogen (secondary N) is 3. The summed E-state index contributed by atoms with van der Waals surface area (Å²) in [5.74, 6) is 2.67. The zero-order chi connectivity index (χ0) is 29.7. The van der Waals surface area contributed by atoms with Gasteiger partial charge in [-0.3, -0.25) is 0 Å². The third kappa shape index (κ3) is 10.2. The van der Waals surface area contributed by atoms with E-state index in [4.69, 9.17) is 10.5 Å². The maximum Gasteiger partial charge on any atom is 0.410 e. The Kier molecular flexibility index (Phi) is 12.1. The van der Waals surface area contributed by atoms with E-state index in [-0.39, 0.29) is 18.6 Å². The number of carbonyl (C=O) groups excluding carboxylic acids is 1. The number of amides is 1. The molecule has 3 fully saturated rings. The molecule has 2 aliphatic carbocycles. The highest BCUT2D eigenvalue weighted by Crippen LogP contribution is 2.28. The number of nitrogens with zero attached hydrogens (tertiary/aromatic N) is 5. The average Bonchev–Trinajstić information content (AvgIpc) is 3.05. The summed E-state index contributed by atoms with van der Waals surface area (Å²) in [5.41, 5.74) is 7.03. The molecule has 1 amide bonds. The Balaban J connectivity index is 0.958. The predicted octanol–water partition coefficient (Wildman–Crippen LogP) is 4.03. The van der Waals surface area contributed by atoms with E-state index in [0.717, 1.165) is 43.7 Å². The van der Waals surface area contributed by atoms with Crippen molar-refractivity contribution in [2.45, 2.75) is 76.9 Å². The van der Waals surface area contributed by atoms with Gasteiger partial charge < -0.3 is 36.2 Å². The number of piperazine rings is 1. The van der Waals surface area contributed by atoms with Gasteiger partial charge in [-0.25, -0.2) is 4.79 Å². The van der Waals surface area contributed by atoms with Crippen LogP contribution in [0.1, 0.15) is 69.8 Å². The van der Waals surface area contributed by atoms with Crippen molar-refractivity contribution in [2.24, 2.45) is 11.8 Å². The van der Waals surface area contributed by atoms with Crippen LogP contribution in [-0.2, 0) is 11.3 Å². The molecule has 2 aromatic rings. The third-order valence-corrected chi connectivity index (χ3v) is 9.18. The number of ether oxygens (including phenoxy) is 1. The number of nitrogen functional groups attached to an aromatic ring is 1. The summed E-state index contributed by atoms with van der Waals surface area (Å²) < 4.78 is 5.49. The van der Waals surface area contributed by atoms with Gasteiger partial charge in [-0.2, -0.15) is 15.0 Å². The second kappa shape index (κ2) is 16.6. The fourth-order valence-electron chi connectivity index (χ4n) is 6.51. The molecule has 11 heteroatoms. The molecule has 236 valence electrons. The predicted molar refractivity (Wildman–Crippen MR) is 171 cm³/mol. The van der Waals surface area contributed by atoms with Crippen molar-refractivity contribution in [1.82, 2.24) is 30.5 Å². The Bertz CT molecular complexity index is 1100. The van der Waals surface area contributed by atoms with Gasteiger partial charge in [0.2, 0.25) is 17.8 Å². The van der Waals surface area contributed by atoms with Gasteiger partial charge >= 0.3 is 6.09 Å². The quantitative estimate of drug-likeness (QED) is 0.252. The SMILES string of the molecule is Nc1nc(NC[C@H]2CC[C@H](CNCCCNC3CCCCC3)CC2)nc(N2CCN(C(=O)OCc3ccccc3)CC2)n1. The van der Waals surface area contributed by atoms with E-state index in [9.17, 15) is 4.79 Å². The fourth-order valence-corrected chi connectivity index (χ4v) is 6.51. The number of hydrogen-bond donors (Lipinski definition) is 4. The Morgan fingerprint density at radius 2 is 1.58 bits per heavy atom. The molecule has 11 nitrogen and oxygen atoms in total. The highest BCUT2D eigenvalue weighted by Gasteiger charge is 2.25. The zero-order valence-electron chi connectivity index (χ0n) is 25.7. The molecule has 0 radical (unpaired) electrons. The number of anilines is 3. The molecule has 0 unspecified atom stereocenters. The van der Waals surface area contributed by atoms with Crippen molar-refractivity contribution in [1.29, 1.82) is 0 Å². The molecular weight excluding hydrogens is 542 g/mol. The van der Waals surface area contributed by atoms with Crippen LogP contribution in [0.2, 0.25) is 0 Å². The Hall–Kier alpha value is -3.18. The summed E-state index contributed by atoms with van der Waals surface area (Å²) in [7, 11) is 0. The van der Waals surface area contributed by atoms with E-state index >= 15 is 0 Å². The van der Waals surface area contributed by atoms with E-state index in [1.165, 1.54) is 64.2 Å². The number of benzene rings is 1. The van der Waals surface area contributed by atoms with Gasteiger partial charge in [-0.05, 0) is 82.0 Å². The Morgan fingerprint density at radius 3 is 2.33 bits per heavy atom. The molecule has 0 atom stereocenters. The number of aromatic nitrogens is 3. The highest BCUT2D eigenvalue weighted by atomic mass is 16.6. The lowest BCUT2D eigenvalue weighted by Gasteiger charge is -2.34. The van der Waals surface area contributed by atoms with Crippen LogP contribution < -0.4 is 26.6 Å². The monoisotopic (exact) mass is 593 g/mol. The van der Waals surface area contributed by atoms with Crippen LogP contribution in [0.25, 0.3) is 0 Å². The number of hydrogen-bond acceptors (Lipinski definition) is 10. The van der Waals surface area contributed by atoms with Crippen LogP contribution in [0.15, 0.2) is 30.3 Å². The van der Waals surface area contributed by atoms with E-state index in [1.54, 1.807) is 4.90 Å². The molecule has 2 heterocycles. The Labute approximate surface area is 256 Å². The largest absolute Gasteiger partial charge is 0.445 e. The normalized spacial score (nSPS) is 21.5. The van der Waals surface area contributed by atoms with E-state index in [2.05, 4.69) is 35.8 Å². The zero-order valence-corrected chi connectivity index (χ0v) is 25.7. The highest BCUT2D eigenvalue weighted by molar-refractivity contribution is 5.68. The number of rotatable bonds is 13. The molecule has 5 N–H and O–H groups in total. The van der Waals surface area contributed by atoms with Crippen molar-refractivity contribution >= 4 is 23.9 Å². The summed E-state index contributed by atoms with van der Waals surface area (Å²) in [6.07, 6.45) is 12.8. The van der Waals surface area contributed by atoms with Crippen molar-refractivity contribution in [3.8, 4) is 0 Å². The molecule has 5 rings (SSSR count). The van der Waals surface area contributed by atoms with Crippen molar-refractivity contribution in [3.63, 3.8) is 0 Å². The first-order valence-electron chi connectivity index (χ1n) is 16.5. The number of carbonyl (C=O) groups is 1. The van der Waals surface area contributed by atoms with Gasteiger partial charge in [0.05, 0.1) is 0 Å². The van der Waals surface area contributed by atoms with Gasteiger partial charge in [0.15, 0.2) is 0 Å². The smallest absolute Gasteiger partial charge is 0.410 e. The van der Waals surface area contributed by atoms with Crippen molar-refractivity contribution in [2.75, 3.05) is 68.3 Å². The average molecular weight is 594 g/mol. The minimum Gasteiger partial charge on any atom is -0.445 e. The summed E-state index contributed by atoms with van der Waals surface area (Å²) in [6, 6.07) is 10.5. The summed E-state index contributed by atoms with van der Waals surface area (Å²) in [4.78, 5) is 29.7. The van der Waals surface area contributed by atoms with Crippen LogP contribution in [-0.4, -0.2) is 84.3 Å². The molecule has 43 heavy (non-hydrogen) atoms. The summed E-state index contributed by atoms with van der Waals surface area (Å²) >= 11 is 0. The van der Waals surface area contributed by atoms with E-state index in [1.807, 2.05) is 30.3 Å². The number of nitrogens with two attached hydrogens (primary N) is 1. The topological polar surface area (TPSA) is 134 Å². The second-order valence-electron chi connectivity index (χ2n) is 12.4. The van der Waals surface area contributed by atoms with Crippen LogP contribution in [0.5, 0.6) is 0 Å². The van der Waals surface area contributed by atoms with Crippen LogP contribution in [0, 0.1) is 11.8 Å². The van der Waals surface area contributed by atoms with Crippen molar-refractivity contribution < 1.29 is 9.53 Å². The van der Waals surface area contributed by atoms with Gasteiger partial charge in [-0.15, -0.1) is 0 Å². The van der Waals surface area contributed by atoms with E-state index < -0.39 is 0 Å². The molecular formula is C32H51N9O2. The first-order chi connectivity index (χ1) is 21.1. The van der Waals surface area contributed by atoms with Gasteiger partial charge in [-0.1, -0.05) is 49.6 Å². The van der Waals surface area contributed by atoms with Gasteiger partial charge in [0, 0.05) is 38.8 Å². The standard InChI is InChI=1S/C32H51N9O2/c33-29-37-30(36-23-26-14-12-25(13-15-26)22-34-16-7-17-35-28-10-5-2-6-11-28)39-31(38-29)40-18-20-41(21-19-40)32(42)43-24-27-8-3-1-4-9-27/h1,3-4,8-9,25-26,28,34-35H,2,5-7,10-24H2,(H3,33,36,37,38,39)/t25-,26-. The molecule has 1 aliphatic heterocycles. The van der Waals surface area contributed by atoms with E-state index in [0.29, 0.717) is 44.0 Å². The molecule has 3 aliphatic rings. The van der Waals surface area contributed by atoms with Gasteiger partial charge in [0.25, 0.3) is 0 Å². The first-order valence-corrected chi connectivity index (χ1v) is 16.5. The molecule has 1 aromatic carbocycles. The summed E-state index contributed by atoms with van der Waals surface area (Å²) in [6.45, 7) is 6.80. The van der Waals surface area contributed by atoms with Crippen LogP contribution in [0.3, 0.4) is 0 Å². The molecule has 2 saturated carbocycles. The Morgan fingerprint density at radius 1 is 0.860 bits per heavy atom. The molecule has 1 saturated heterocycles. The second-order valence-corrected chi connectivity index (χ2v) is 12.4. The lowest BCUT2D eigenvalue weighted by molar-refractivity contribution is 0.0940. The minimum atomic E-state index is -0.298. The van der Waals surface area contributed by atoms with Gasteiger partial charge in [0.1, 0.15) is 6.61 Å². The molecule has 0 spiro atoms. The van der Waals surface area contributed by atoms with Crippen molar-refractivity contribution in [3.05, 3.63) is 35.9 Å². The molecule has 0 bridgehead atoms. The maximum absolute atomic E-state index is 12.5. The maximum atomic E-state index is 12.5. The van der Waals surface area contributed by atoms with Crippen LogP contribution in [0.4, 0.5) is 22.6 Å².